The molecule has 1 amide bonds. The van der Waals surface area contributed by atoms with Gasteiger partial charge in [0.05, 0.1) is 33.3 Å². The predicted octanol–water partition coefficient (Wildman–Crippen LogP) is 4.87. The fourth-order valence-corrected chi connectivity index (χ4v) is 4.93. The number of methoxy groups -OCH3 is 2. The van der Waals surface area contributed by atoms with Gasteiger partial charge in [-0.05, 0) is 50.5 Å². The number of piperidine rings is 1. The van der Waals surface area contributed by atoms with Crippen molar-refractivity contribution in [2.24, 2.45) is 5.92 Å². The van der Waals surface area contributed by atoms with E-state index in [1.54, 1.807) is 26.0 Å². The fraction of sp³-hybridized carbons (Fsp3) is 0.433. The molecule has 0 radical (unpaired) electrons. The van der Waals surface area contributed by atoms with Crippen LogP contribution in [0.1, 0.15) is 60.2 Å². The van der Waals surface area contributed by atoms with Crippen LogP contribution in [0.3, 0.4) is 0 Å². The molecule has 0 N–H and O–H groups in total. The number of nitrogens with zero attached hydrogens (tertiary/aromatic N) is 3. The van der Waals surface area contributed by atoms with Crippen molar-refractivity contribution in [3.8, 4) is 11.5 Å². The maximum absolute atomic E-state index is 13.2. The standard InChI is InChI=1S/C30H37N3O6/c1-5-38-30(35)23-12-9-15-32(17-23)29(34)26-20-39-28(31-26)19-33(21(2)22-10-7-6-8-11-22)18-24-16-25(36-3)13-14-27(24)37-4/h6-8,10-11,13-14,16,20-21,23H,5,9,12,15,17-19H2,1-4H3/t21-,23-/m0/s1. The van der Waals surface area contributed by atoms with E-state index < -0.39 is 0 Å². The topological polar surface area (TPSA) is 94.3 Å². The third-order valence-electron chi connectivity index (χ3n) is 7.13. The highest BCUT2D eigenvalue weighted by molar-refractivity contribution is 5.92. The van der Waals surface area contributed by atoms with E-state index in [9.17, 15) is 9.59 Å². The largest absolute Gasteiger partial charge is 0.497 e. The SMILES string of the molecule is CCOC(=O)[C@H]1CCCN(C(=O)c2coc(CN(Cc3cc(OC)ccc3OC)[C@@H](C)c3ccccc3)n2)C1. The molecule has 208 valence electrons. The Kier molecular flexibility index (Phi) is 9.59. The number of carbonyl (C=O) groups is 2. The number of esters is 1. The van der Waals surface area contributed by atoms with E-state index in [-0.39, 0.29) is 29.5 Å². The third kappa shape index (κ3) is 6.97. The lowest BCUT2D eigenvalue weighted by Crippen LogP contribution is -2.43. The minimum atomic E-state index is -0.311. The van der Waals surface area contributed by atoms with Gasteiger partial charge in [0, 0.05) is 31.2 Å². The molecule has 1 fully saturated rings. The Bertz CT molecular complexity index is 1240. The molecule has 1 aliphatic rings. The number of benzene rings is 2. The minimum Gasteiger partial charge on any atom is -0.497 e. The van der Waals surface area contributed by atoms with E-state index in [0.29, 0.717) is 45.1 Å². The molecule has 0 spiro atoms. The highest BCUT2D eigenvalue weighted by atomic mass is 16.5. The quantitative estimate of drug-likeness (QED) is 0.321. The van der Waals surface area contributed by atoms with Crippen molar-refractivity contribution < 1.29 is 28.2 Å². The number of amides is 1. The monoisotopic (exact) mass is 535 g/mol. The Hall–Kier alpha value is -3.85. The first-order valence-corrected chi connectivity index (χ1v) is 13.3. The van der Waals surface area contributed by atoms with Gasteiger partial charge in [0.1, 0.15) is 17.8 Å². The van der Waals surface area contributed by atoms with Crippen LogP contribution in [0.2, 0.25) is 0 Å². The first-order valence-electron chi connectivity index (χ1n) is 13.3. The molecule has 2 atom stereocenters. The molecular formula is C30H37N3O6. The summed E-state index contributed by atoms with van der Waals surface area (Å²) in [5.74, 6) is 1.12. The zero-order chi connectivity index (χ0) is 27.8. The van der Waals surface area contributed by atoms with Gasteiger partial charge < -0.3 is 23.5 Å². The van der Waals surface area contributed by atoms with E-state index in [0.717, 1.165) is 29.0 Å². The van der Waals surface area contributed by atoms with E-state index in [2.05, 4.69) is 28.9 Å². The zero-order valence-corrected chi connectivity index (χ0v) is 23.1. The van der Waals surface area contributed by atoms with Crippen molar-refractivity contribution in [3.05, 3.63) is 77.5 Å². The van der Waals surface area contributed by atoms with Crippen LogP contribution in [0.15, 0.2) is 59.2 Å². The molecule has 9 nitrogen and oxygen atoms in total. The number of hydrogen-bond donors (Lipinski definition) is 0. The second-order valence-electron chi connectivity index (χ2n) is 9.64. The summed E-state index contributed by atoms with van der Waals surface area (Å²) >= 11 is 0. The average molecular weight is 536 g/mol. The van der Waals surface area contributed by atoms with Crippen LogP contribution in [-0.4, -0.2) is 60.6 Å². The molecule has 0 aliphatic carbocycles. The molecule has 4 rings (SSSR count). The molecule has 0 saturated carbocycles. The van der Waals surface area contributed by atoms with Gasteiger partial charge in [0.15, 0.2) is 5.69 Å². The van der Waals surface area contributed by atoms with Gasteiger partial charge in [0.25, 0.3) is 5.91 Å². The number of rotatable bonds is 11. The lowest BCUT2D eigenvalue weighted by Gasteiger charge is -2.31. The van der Waals surface area contributed by atoms with Crippen LogP contribution in [0.5, 0.6) is 11.5 Å². The lowest BCUT2D eigenvalue weighted by atomic mass is 9.98. The summed E-state index contributed by atoms with van der Waals surface area (Å²) in [5.41, 5.74) is 2.34. The molecule has 1 saturated heterocycles. The van der Waals surface area contributed by atoms with Crippen LogP contribution in [0.4, 0.5) is 0 Å². The molecular weight excluding hydrogens is 498 g/mol. The number of carbonyl (C=O) groups excluding carboxylic acids is 2. The highest BCUT2D eigenvalue weighted by Crippen LogP contribution is 2.30. The minimum absolute atomic E-state index is 0.0144. The number of likely N-dealkylation sites (tertiary alicyclic amines) is 1. The summed E-state index contributed by atoms with van der Waals surface area (Å²) < 4.78 is 22.0. The molecule has 9 heteroatoms. The molecule has 39 heavy (non-hydrogen) atoms. The lowest BCUT2D eigenvalue weighted by molar-refractivity contribution is -0.149. The van der Waals surface area contributed by atoms with Crippen LogP contribution in [-0.2, 0) is 22.6 Å². The maximum Gasteiger partial charge on any atom is 0.310 e. The van der Waals surface area contributed by atoms with Crippen LogP contribution in [0.25, 0.3) is 0 Å². The Balaban J connectivity index is 1.53. The Morgan fingerprint density at radius 3 is 2.64 bits per heavy atom. The number of aromatic nitrogens is 1. The van der Waals surface area contributed by atoms with Gasteiger partial charge in [-0.25, -0.2) is 4.98 Å². The normalized spacial score (nSPS) is 16.1. The molecule has 2 heterocycles. The zero-order valence-electron chi connectivity index (χ0n) is 23.1. The average Bonchev–Trinajstić information content (AvgIpc) is 3.45. The summed E-state index contributed by atoms with van der Waals surface area (Å²) in [7, 11) is 3.29. The summed E-state index contributed by atoms with van der Waals surface area (Å²) in [4.78, 5) is 33.9. The fourth-order valence-electron chi connectivity index (χ4n) is 4.93. The van der Waals surface area contributed by atoms with Crippen LogP contribution >= 0.6 is 0 Å². The van der Waals surface area contributed by atoms with E-state index in [1.807, 2.05) is 36.4 Å². The molecule has 3 aromatic rings. The van der Waals surface area contributed by atoms with Crippen molar-refractivity contribution in [2.75, 3.05) is 33.9 Å². The maximum atomic E-state index is 13.2. The van der Waals surface area contributed by atoms with Gasteiger partial charge in [-0.15, -0.1) is 0 Å². The van der Waals surface area contributed by atoms with Crippen molar-refractivity contribution in [1.82, 2.24) is 14.8 Å². The van der Waals surface area contributed by atoms with Crippen molar-refractivity contribution >= 4 is 11.9 Å². The molecule has 1 aromatic heterocycles. The number of ether oxygens (including phenoxy) is 3. The van der Waals surface area contributed by atoms with Gasteiger partial charge in [-0.1, -0.05) is 30.3 Å². The van der Waals surface area contributed by atoms with Crippen molar-refractivity contribution in [3.63, 3.8) is 0 Å². The molecule has 0 bridgehead atoms. The number of hydrogen-bond acceptors (Lipinski definition) is 8. The van der Waals surface area contributed by atoms with Gasteiger partial charge in [0.2, 0.25) is 5.89 Å². The summed E-state index contributed by atoms with van der Waals surface area (Å²) in [6, 6.07) is 15.9. The van der Waals surface area contributed by atoms with Gasteiger partial charge in [-0.3, -0.25) is 14.5 Å². The molecule has 1 aliphatic heterocycles. The highest BCUT2D eigenvalue weighted by Gasteiger charge is 2.31. The summed E-state index contributed by atoms with van der Waals surface area (Å²) in [5, 5.41) is 0. The van der Waals surface area contributed by atoms with E-state index >= 15 is 0 Å². The predicted molar refractivity (Wildman–Crippen MR) is 145 cm³/mol. The molecule has 0 unspecified atom stereocenters. The van der Waals surface area contributed by atoms with Gasteiger partial charge in [-0.2, -0.15) is 0 Å². The number of oxazole rings is 1. The Morgan fingerprint density at radius 2 is 1.92 bits per heavy atom. The van der Waals surface area contributed by atoms with E-state index in [1.165, 1.54) is 6.26 Å². The molecule has 2 aromatic carbocycles. The second-order valence-corrected chi connectivity index (χ2v) is 9.64. The van der Waals surface area contributed by atoms with Crippen LogP contribution in [0, 0.1) is 5.92 Å². The van der Waals surface area contributed by atoms with Crippen molar-refractivity contribution in [1.29, 1.82) is 0 Å². The summed E-state index contributed by atoms with van der Waals surface area (Å²) in [6.45, 7) is 6.05. The first-order chi connectivity index (χ1) is 18.9. The summed E-state index contributed by atoms with van der Waals surface area (Å²) in [6.07, 6.45) is 2.86. The smallest absolute Gasteiger partial charge is 0.310 e. The Morgan fingerprint density at radius 1 is 1.13 bits per heavy atom. The first kappa shape index (κ1) is 28.2. The van der Waals surface area contributed by atoms with Crippen molar-refractivity contribution in [2.45, 2.75) is 45.8 Å². The van der Waals surface area contributed by atoms with Gasteiger partial charge >= 0.3 is 5.97 Å². The van der Waals surface area contributed by atoms with Crippen LogP contribution < -0.4 is 9.47 Å². The third-order valence-corrected chi connectivity index (χ3v) is 7.13. The second kappa shape index (κ2) is 13.3. The van der Waals surface area contributed by atoms with E-state index in [4.69, 9.17) is 18.6 Å². The Labute approximate surface area is 229 Å².